The fraction of sp³-hybridized carbons (Fsp3) is 0.250. The van der Waals surface area contributed by atoms with Crippen LogP contribution >= 0.6 is 0 Å². The third-order valence-electron chi connectivity index (χ3n) is 3.33. The fourth-order valence-electron chi connectivity index (χ4n) is 2.22. The first kappa shape index (κ1) is 12.8. The van der Waals surface area contributed by atoms with E-state index in [0.29, 0.717) is 6.54 Å². The average Bonchev–Trinajstić information content (AvgIpc) is 2.38. The van der Waals surface area contributed by atoms with E-state index in [1.54, 1.807) is 0 Å². The van der Waals surface area contributed by atoms with Crippen molar-refractivity contribution < 1.29 is 0 Å². The van der Waals surface area contributed by atoms with Crippen LogP contribution in [0.2, 0.25) is 0 Å². The van der Waals surface area contributed by atoms with Gasteiger partial charge >= 0.3 is 0 Å². The molecule has 2 aromatic rings. The minimum atomic E-state index is -0.0718. The molecule has 0 aliphatic carbocycles. The lowest BCUT2D eigenvalue weighted by Crippen LogP contribution is -2.13. The van der Waals surface area contributed by atoms with E-state index in [0.717, 1.165) is 11.1 Å². The summed E-state index contributed by atoms with van der Waals surface area (Å²) in [6, 6.07) is 14.5. The number of benzene rings is 2. The highest BCUT2D eigenvalue weighted by Crippen LogP contribution is 2.23. The fourth-order valence-corrected chi connectivity index (χ4v) is 2.22. The number of aryl methyl sites for hydroxylation is 2. The third-order valence-corrected chi connectivity index (χ3v) is 3.33. The number of nitrogens with two attached hydrogens (primary N) is 2. The Labute approximate surface area is 109 Å². The summed E-state index contributed by atoms with van der Waals surface area (Å²) in [7, 11) is 0. The van der Waals surface area contributed by atoms with E-state index in [4.69, 9.17) is 11.5 Å². The van der Waals surface area contributed by atoms with Crippen LogP contribution in [0.3, 0.4) is 0 Å². The van der Waals surface area contributed by atoms with E-state index in [1.807, 2.05) is 12.1 Å². The second-order valence-electron chi connectivity index (χ2n) is 4.78. The molecule has 0 radical (unpaired) electrons. The molecule has 0 bridgehead atoms. The minimum Gasteiger partial charge on any atom is -0.326 e. The molecule has 2 heteroatoms. The van der Waals surface area contributed by atoms with Crippen LogP contribution in [-0.4, -0.2) is 0 Å². The summed E-state index contributed by atoms with van der Waals surface area (Å²) in [6.07, 6.45) is 0. The Bertz CT molecular complexity index is 529. The molecular formula is C16H20N2. The van der Waals surface area contributed by atoms with Crippen molar-refractivity contribution in [3.8, 4) is 0 Å². The van der Waals surface area contributed by atoms with Gasteiger partial charge in [-0.3, -0.25) is 0 Å². The van der Waals surface area contributed by atoms with Gasteiger partial charge in [-0.05, 0) is 36.1 Å². The topological polar surface area (TPSA) is 52.0 Å². The van der Waals surface area contributed by atoms with Gasteiger partial charge in [0.2, 0.25) is 0 Å². The van der Waals surface area contributed by atoms with Gasteiger partial charge in [0, 0.05) is 6.54 Å². The smallest absolute Gasteiger partial charge is 0.0554 e. The molecule has 2 aromatic carbocycles. The first-order valence-electron chi connectivity index (χ1n) is 6.23. The predicted octanol–water partition coefficient (Wildman–Crippen LogP) is 2.81. The Morgan fingerprint density at radius 1 is 1.00 bits per heavy atom. The minimum absolute atomic E-state index is 0.0718. The van der Waals surface area contributed by atoms with Crippen LogP contribution in [0.1, 0.15) is 33.9 Å². The molecule has 2 nitrogen and oxygen atoms in total. The Hall–Kier alpha value is -1.64. The van der Waals surface area contributed by atoms with Crippen LogP contribution in [0.4, 0.5) is 0 Å². The molecule has 2 rings (SSSR count). The molecule has 0 amide bonds. The predicted molar refractivity (Wildman–Crippen MR) is 76.3 cm³/mol. The largest absolute Gasteiger partial charge is 0.326 e. The van der Waals surface area contributed by atoms with Crippen LogP contribution in [0, 0.1) is 13.8 Å². The molecule has 0 aromatic heterocycles. The molecule has 0 aliphatic rings. The lowest BCUT2D eigenvalue weighted by Gasteiger charge is -2.16. The zero-order valence-electron chi connectivity index (χ0n) is 11.0. The van der Waals surface area contributed by atoms with Crippen molar-refractivity contribution in [1.82, 2.24) is 0 Å². The first-order chi connectivity index (χ1) is 8.61. The van der Waals surface area contributed by atoms with E-state index in [-0.39, 0.29) is 6.04 Å². The lowest BCUT2D eigenvalue weighted by atomic mass is 9.94. The summed E-state index contributed by atoms with van der Waals surface area (Å²) < 4.78 is 0. The van der Waals surface area contributed by atoms with Gasteiger partial charge in [0.15, 0.2) is 0 Å². The zero-order valence-corrected chi connectivity index (χ0v) is 11.0. The van der Waals surface area contributed by atoms with E-state index >= 15 is 0 Å². The molecule has 18 heavy (non-hydrogen) atoms. The molecule has 0 fully saturated rings. The SMILES string of the molecule is Cc1ccc(C(N)c2ccc(CN)cc2)c(C)c1. The summed E-state index contributed by atoms with van der Waals surface area (Å²) in [4.78, 5) is 0. The van der Waals surface area contributed by atoms with Crippen molar-refractivity contribution >= 4 is 0 Å². The van der Waals surface area contributed by atoms with Crippen LogP contribution in [0.5, 0.6) is 0 Å². The zero-order chi connectivity index (χ0) is 13.1. The summed E-state index contributed by atoms with van der Waals surface area (Å²) >= 11 is 0. The van der Waals surface area contributed by atoms with Crippen molar-refractivity contribution in [3.05, 3.63) is 70.3 Å². The van der Waals surface area contributed by atoms with E-state index < -0.39 is 0 Å². The summed E-state index contributed by atoms with van der Waals surface area (Å²) in [6.45, 7) is 4.77. The van der Waals surface area contributed by atoms with Crippen molar-refractivity contribution in [1.29, 1.82) is 0 Å². The first-order valence-corrected chi connectivity index (χ1v) is 6.23. The highest BCUT2D eigenvalue weighted by molar-refractivity contribution is 5.39. The highest BCUT2D eigenvalue weighted by atomic mass is 14.6. The maximum atomic E-state index is 6.33. The molecule has 0 saturated heterocycles. The normalized spacial score (nSPS) is 12.4. The molecule has 0 aliphatic heterocycles. The maximum absolute atomic E-state index is 6.33. The third kappa shape index (κ3) is 2.61. The van der Waals surface area contributed by atoms with Crippen molar-refractivity contribution in [2.75, 3.05) is 0 Å². The maximum Gasteiger partial charge on any atom is 0.0554 e. The molecule has 1 unspecified atom stereocenters. The Balaban J connectivity index is 2.31. The lowest BCUT2D eigenvalue weighted by molar-refractivity contribution is 0.858. The van der Waals surface area contributed by atoms with Crippen LogP contribution in [0.25, 0.3) is 0 Å². The van der Waals surface area contributed by atoms with E-state index in [9.17, 15) is 0 Å². The van der Waals surface area contributed by atoms with Gasteiger partial charge in [0.1, 0.15) is 0 Å². The molecule has 0 spiro atoms. The quantitative estimate of drug-likeness (QED) is 0.866. The molecule has 1 atom stereocenters. The Kier molecular flexibility index (Phi) is 3.80. The van der Waals surface area contributed by atoms with E-state index in [2.05, 4.69) is 44.2 Å². The number of hydrogen-bond donors (Lipinski definition) is 2. The number of hydrogen-bond acceptors (Lipinski definition) is 2. The Morgan fingerprint density at radius 2 is 1.67 bits per heavy atom. The second-order valence-corrected chi connectivity index (χ2v) is 4.78. The summed E-state index contributed by atoms with van der Waals surface area (Å²) in [5, 5.41) is 0. The standard InChI is InChI=1S/C16H20N2/c1-11-3-8-15(12(2)9-11)16(18)14-6-4-13(10-17)5-7-14/h3-9,16H,10,17-18H2,1-2H3. The van der Waals surface area contributed by atoms with Crippen molar-refractivity contribution in [3.63, 3.8) is 0 Å². The average molecular weight is 240 g/mol. The van der Waals surface area contributed by atoms with Gasteiger partial charge < -0.3 is 11.5 Å². The van der Waals surface area contributed by atoms with Gasteiger partial charge in [-0.1, -0.05) is 48.0 Å². The van der Waals surface area contributed by atoms with Crippen LogP contribution < -0.4 is 11.5 Å². The Morgan fingerprint density at radius 3 is 2.22 bits per heavy atom. The van der Waals surface area contributed by atoms with Crippen LogP contribution in [0.15, 0.2) is 42.5 Å². The van der Waals surface area contributed by atoms with Crippen molar-refractivity contribution in [2.24, 2.45) is 11.5 Å². The van der Waals surface area contributed by atoms with Gasteiger partial charge in [-0.15, -0.1) is 0 Å². The van der Waals surface area contributed by atoms with Crippen molar-refractivity contribution in [2.45, 2.75) is 26.4 Å². The van der Waals surface area contributed by atoms with Gasteiger partial charge in [0.25, 0.3) is 0 Å². The van der Waals surface area contributed by atoms with Crippen LogP contribution in [-0.2, 0) is 6.54 Å². The summed E-state index contributed by atoms with van der Waals surface area (Å²) in [5.41, 5.74) is 17.9. The molecular weight excluding hydrogens is 220 g/mol. The highest BCUT2D eigenvalue weighted by Gasteiger charge is 2.11. The molecule has 0 heterocycles. The molecule has 94 valence electrons. The molecule has 4 N–H and O–H groups in total. The van der Waals surface area contributed by atoms with Gasteiger partial charge in [0.05, 0.1) is 6.04 Å². The van der Waals surface area contributed by atoms with Gasteiger partial charge in [-0.25, -0.2) is 0 Å². The van der Waals surface area contributed by atoms with E-state index in [1.165, 1.54) is 16.7 Å². The van der Waals surface area contributed by atoms with Gasteiger partial charge in [-0.2, -0.15) is 0 Å². The second kappa shape index (κ2) is 5.34. The number of rotatable bonds is 3. The molecule has 0 saturated carbocycles. The summed E-state index contributed by atoms with van der Waals surface area (Å²) in [5.74, 6) is 0. The monoisotopic (exact) mass is 240 g/mol.